The van der Waals surface area contributed by atoms with Crippen LogP contribution in [0.25, 0.3) is 0 Å². The first kappa shape index (κ1) is 14.3. The fraction of sp³-hybridized carbons (Fsp3) is 0.385. The van der Waals surface area contributed by atoms with E-state index >= 15 is 0 Å². The molecule has 1 unspecified atom stereocenters. The molecule has 0 saturated carbocycles. The topological polar surface area (TPSA) is 43.4 Å². The standard InChI is InChI=1S/C13H14F2O3/c1-8(13(17)18-2)7-11(16)9-3-5-10(6-4-9)12(14)15/h3-6,8,12H,7H2,1-2H3. The third-order valence-electron chi connectivity index (χ3n) is 2.58. The monoisotopic (exact) mass is 256 g/mol. The van der Waals surface area contributed by atoms with Crippen molar-refractivity contribution in [3.63, 3.8) is 0 Å². The molecule has 1 aromatic carbocycles. The van der Waals surface area contributed by atoms with Gasteiger partial charge in [-0.05, 0) is 0 Å². The number of rotatable bonds is 5. The molecule has 0 aromatic heterocycles. The summed E-state index contributed by atoms with van der Waals surface area (Å²) < 4.78 is 29.1. The van der Waals surface area contributed by atoms with Crippen LogP contribution in [0.3, 0.4) is 0 Å². The molecule has 0 amide bonds. The lowest BCUT2D eigenvalue weighted by atomic mass is 9.99. The molecule has 0 fully saturated rings. The summed E-state index contributed by atoms with van der Waals surface area (Å²) in [5.74, 6) is -1.28. The van der Waals surface area contributed by atoms with E-state index in [1.807, 2.05) is 0 Å². The predicted molar refractivity (Wildman–Crippen MR) is 61.5 cm³/mol. The third-order valence-corrected chi connectivity index (χ3v) is 2.58. The minimum atomic E-state index is -2.55. The largest absolute Gasteiger partial charge is 0.469 e. The molecule has 98 valence electrons. The Bertz CT molecular complexity index is 426. The summed E-state index contributed by atoms with van der Waals surface area (Å²) in [6.45, 7) is 1.58. The number of hydrogen-bond acceptors (Lipinski definition) is 3. The molecule has 18 heavy (non-hydrogen) atoms. The molecule has 0 aliphatic rings. The number of carbonyl (C=O) groups excluding carboxylic acids is 2. The second kappa shape index (κ2) is 6.23. The maximum absolute atomic E-state index is 12.3. The van der Waals surface area contributed by atoms with Crippen LogP contribution in [0.1, 0.15) is 35.7 Å². The summed E-state index contributed by atoms with van der Waals surface area (Å²) >= 11 is 0. The molecule has 0 heterocycles. The van der Waals surface area contributed by atoms with E-state index in [1.165, 1.54) is 31.4 Å². The zero-order valence-corrected chi connectivity index (χ0v) is 10.2. The van der Waals surface area contributed by atoms with Crippen molar-refractivity contribution in [3.05, 3.63) is 35.4 Å². The van der Waals surface area contributed by atoms with Crippen LogP contribution >= 0.6 is 0 Å². The number of esters is 1. The smallest absolute Gasteiger partial charge is 0.308 e. The van der Waals surface area contributed by atoms with Gasteiger partial charge in [-0.2, -0.15) is 0 Å². The summed E-state index contributed by atoms with van der Waals surface area (Å²) in [5, 5.41) is 0. The first-order valence-electron chi connectivity index (χ1n) is 5.44. The minimum Gasteiger partial charge on any atom is -0.469 e. The molecule has 0 aliphatic carbocycles. The Morgan fingerprint density at radius 2 is 1.78 bits per heavy atom. The molecule has 0 saturated heterocycles. The van der Waals surface area contributed by atoms with Crippen LogP contribution in [0, 0.1) is 5.92 Å². The van der Waals surface area contributed by atoms with E-state index in [1.54, 1.807) is 6.92 Å². The number of carbonyl (C=O) groups is 2. The van der Waals surface area contributed by atoms with E-state index in [0.717, 1.165) is 0 Å². The molecular formula is C13H14F2O3. The number of halogens is 2. The number of hydrogen-bond donors (Lipinski definition) is 0. The Morgan fingerprint density at radius 3 is 2.22 bits per heavy atom. The Labute approximate surface area is 104 Å². The quantitative estimate of drug-likeness (QED) is 0.600. The molecule has 0 radical (unpaired) electrons. The third kappa shape index (κ3) is 3.61. The summed E-state index contributed by atoms with van der Waals surface area (Å²) in [5.41, 5.74) is 0.183. The molecule has 1 atom stereocenters. The van der Waals surface area contributed by atoms with Crippen LogP contribution in [0.4, 0.5) is 8.78 Å². The SMILES string of the molecule is COC(=O)C(C)CC(=O)c1ccc(C(F)F)cc1. The number of methoxy groups -OCH3 is 1. The van der Waals surface area contributed by atoms with Gasteiger partial charge >= 0.3 is 5.97 Å². The molecule has 1 rings (SSSR count). The predicted octanol–water partition coefficient (Wildman–Crippen LogP) is 3.01. The van der Waals surface area contributed by atoms with Crippen molar-refractivity contribution in [1.29, 1.82) is 0 Å². The molecule has 3 nitrogen and oxygen atoms in total. The van der Waals surface area contributed by atoms with Gasteiger partial charge in [0.15, 0.2) is 5.78 Å². The highest BCUT2D eigenvalue weighted by molar-refractivity contribution is 5.98. The van der Waals surface area contributed by atoms with Crippen LogP contribution in [0.5, 0.6) is 0 Å². The minimum absolute atomic E-state index is 0.000693. The lowest BCUT2D eigenvalue weighted by Crippen LogP contribution is -2.16. The Balaban J connectivity index is 2.70. The first-order valence-corrected chi connectivity index (χ1v) is 5.44. The van der Waals surface area contributed by atoms with E-state index in [0.29, 0.717) is 5.56 Å². The van der Waals surface area contributed by atoms with Crippen LogP contribution in [0.2, 0.25) is 0 Å². The number of ketones is 1. The van der Waals surface area contributed by atoms with Gasteiger partial charge in [-0.25, -0.2) is 8.78 Å². The van der Waals surface area contributed by atoms with E-state index in [9.17, 15) is 18.4 Å². The Kier molecular flexibility index (Phi) is 4.95. The van der Waals surface area contributed by atoms with Crippen molar-refractivity contribution in [3.8, 4) is 0 Å². The van der Waals surface area contributed by atoms with Gasteiger partial charge in [-0.15, -0.1) is 0 Å². The fourth-order valence-corrected chi connectivity index (χ4v) is 1.49. The molecule has 0 spiro atoms. The summed E-state index contributed by atoms with van der Waals surface area (Å²) in [7, 11) is 1.25. The zero-order valence-electron chi connectivity index (χ0n) is 10.2. The lowest BCUT2D eigenvalue weighted by Gasteiger charge is -2.08. The lowest BCUT2D eigenvalue weighted by molar-refractivity contribution is -0.144. The highest BCUT2D eigenvalue weighted by Gasteiger charge is 2.18. The van der Waals surface area contributed by atoms with Crippen molar-refractivity contribution < 1.29 is 23.1 Å². The van der Waals surface area contributed by atoms with Gasteiger partial charge in [0.05, 0.1) is 13.0 Å². The van der Waals surface area contributed by atoms with Gasteiger partial charge in [0, 0.05) is 17.5 Å². The molecule has 0 aliphatic heterocycles. The van der Waals surface area contributed by atoms with Gasteiger partial charge in [0.25, 0.3) is 6.43 Å². The van der Waals surface area contributed by atoms with Crippen molar-refractivity contribution >= 4 is 11.8 Å². The first-order chi connectivity index (χ1) is 8.45. The Morgan fingerprint density at radius 1 is 1.22 bits per heavy atom. The maximum atomic E-state index is 12.3. The van der Waals surface area contributed by atoms with E-state index in [2.05, 4.69) is 4.74 Å². The average molecular weight is 256 g/mol. The molecular weight excluding hydrogens is 242 g/mol. The number of ether oxygens (including phenoxy) is 1. The molecule has 1 aromatic rings. The second-order valence-corrected chi connectivity index (χ2v) is 3.97. The number of Topliss-reactive ketones (excluding diaryl/α,β-unsaturated/α-hetero) is 1. The van der Waals surface area contributed by atoms with Gasteiger partial charge in [0.2, 0.25) is 0 Å². The Hall–Kier alpha value is -1.78. The number of benzene rings is 1. The van der Waals surface area contributed by atoms with E-state index < -0.39 is 18.3 Å². The average Bonchev–Trinajstić information content (AvgIpc) is 2.37. The fourth-order valence-electron chi connectivity index (χ4n) is 1.49. The van der Waals surface area contributed by atoms with Gasteiger partial charge in [0.1, 0.15) is 0 Å². The van der Waals surface area contributed by atoms with Crippen molar-refractivity contribution in [2.24, 2.45) is 5.92 Å². The van der Waals surface area contributed by atoms with Crippen molar-refractivity contribution in [2.45, 2.75) is 19.8 Å². The van der Waals surface area contributed by atoms with Crippen molar-refractivity contribution in [1.82, 2.24) is 0 Å². The summed E-state index contributed by atoms with van der Waals surface area (Å²) in [6, 6.07) is 5.10. The van der Waals surface area contributed by atoms with E-state index in [-0.39, 0.29) is 17.8 Å². The molecule has 5 heteroatoms. The highest BCUT2D eigenvalue weighted by atomic mass is 19.3. The number of alkyl halides is 2. The maximum Gasteiger partial charge on any atom is 0.308 e. The molecule has 0 N–H and O–H groups in total. The summed E-state index contributed by atoms with van der Waals surface area (Å²) in [4.78, 5) is 22.9. The second-order valence-electron chi connectivity index (χ2n) is 3.97. The van der Waals surface area contributed by atoms with Gasteiger partial charge < -0.3 is 4.74 Å². The van der Waals surface area contributed by atoms with Crippen molar-refractivity contribution in [2.75, 3.05) is 7.11 Å². The van der Waals surface area contributed by atoms with Crippen LogP contribution < -0.4 is 0 Å². The normalized spacial score (nSPS) is 12.3. The van der Waals surface area contributed by atoms with Crippen LogP contribution in [-0.4, -0.2) is 18.9 Å². The van der Waals surface area contributed by atoms with Crippen LogP contribution in [0.15, 0.2) is 24.3 Å². The highest BCUT2D eigenvalue weighted by Crippen LogP contribution is 2.20. The van der Waals surface area contributed by atoms with E-state index in [4.69, 9.17) is 0 Å². The van der Waals surface area contributed by atoms with Gasteiger partial charge in [-0.1, -0.05) is 31.2 Å². The zero-order chi connectivity index (χ0) is 13.7. The van der Waals surface area contributed by atoms with Gasteiger partial charge in [-0.3, -0.25) is 9.59 Å². The summed E-state index contributed by atoms with van der Waals surface area (Å²) in [6.07, 6.45) is -2.55. The molecule has 0 bridgehead atoms. The van der Waals surface area contributed by atoms with Crippen LogP contribution in [-0.2, 0) is 9.53 Å².